The van der Waals surface area contributed by atoms with Crippen LogP contribution in [0.4, 0.5) is 11.4 Å². The molecule has 0 aliphatic carbocycles. The highest BCUT2D eigenvalue weighted by atomic mass is 16.2. The third-order valence-electron chi connectivity index (χ3n) is 3.66. The van der Waals surface area contributed by atoms with Crippen LogP contribution >= 0.6 is 0 Å². The van der Waals surface area contributed by atoms with Crippen LogP contribution in [0.15, 0.2) is 47.4 Å². The smallest absolute Gasteiger partial charge is 0.280 e. The van der Waals surface area contributed by atoms with Crippen molar-refractivity contribution >= 4 is 31.0 Å². The van der Waals surface area contributed by atoms with Gasteiger partial charge in [0.1, 0.15) is 5.71 Å². The molecule has 0 spiro atoms. The van der Waals surface area contributed by atoms with Crippen LogP contribution in [0.2, 0.25) is 0 Å². The van der Waals surface area contributed by atoms with E-state index < -0.39 is 0 Å². The van der Waals surface area contributed by atoms with Gasteiger partial charge in [0.2, 0.25) is 0 Å². The van der Waals surface area contributed by atoms with Crippen LogP contribution in [-0.2, 0) is 4.79 Å². The van der Waals surface area contributed by atoms with Gasteiger partial charge < -0.3 is 4.90 Å². The van der Waals surface area contributed by atoms with E-state index in [0.717, 1.165) is 28.1 Å². The van der Waals surface area contributed by atoms with Crippen LogP contribution in [0.3, 0.4) is 0 Å². The molecule has 1 heterocycles. The van der Waals surface area contributed by atoms with Crippen LogP contribution in [0.25, 0.3) is 0 Å². The number of hydrogen-bond acceptors (Lipinski definition) is 2. The Hall–Kier alpha value is -2.36. The van der Waals surface area contributed by atoms with Gasteiger partial charge in [-0.1, -0.05) is 18.2 Å². The van der Waals surface area contributed by atoms with Crippen LogP contribution in [0.1, 0.15) is 16.7 Å². The Morgan fingerprint density at radius 3 is 2.35 bits per heavy atom. The molecule has 0 N–H and O–H groups in total. The fraction of sp³-hybridized carbons (Fsp3) is 0.125. The molecule has 20 heavy (non-hydrogen) atoms. The molecule has 0 aromatic heterocycles. The zero-order valence-corrected chi connectivity index (χ0v) is 11.4. The Kier molecular flexibility index (Phi) is 2.94. The molecular weight excluding hydrogens is 247 g/mol. The summed E-state index contributed by atoms with van der Waals surface area (Å²) in [6.45, 7) is 4.04. The van der Waals surface area contributed by atoms with Crippen molar-refractivity contribution in [2.45, 2.75) is 13.8 Å². The number of hydrogen-bond donors (Lipinski definition) is 0. The summed E-state index contributed by atoms with van der Waals surface area (Å²) < 4.78 is 0. The summed E-state index contributed by atoms with van der Waals surface area (Å²) in [5.41, 5.74) is 5.02. The maximum Gasteiger partial charge on any atom is 0.280 e. The predicted octanol–water partition coefficient (Wildman–Crippen LogP) is 2.85. The zero-order valence-electron chi connectivity index (χ0n) is 11.4. The van der Waals surface area contributed by atoms with E-state index in [1.165, 1.54) is 0 Å². The largest absolute Gasteiger partial charge is 0.352 e. The summed E-state index contributed by atoms with van der Waals surface area (Å²) >= 11 is 0. The molecule has 0 atom stereocenters. The maximum atomic E-state index is 12.5. The molecule has 1 aliphatic heterocycles. The SMILES string of the molecule is [B]N=C1C(=O)N(c2ccccc2)c2cc(C)c(C)cc21. The number of carbonyl (C=O) groups excluding carboxylic acids is 1. The number of benzene rings is 2. The lowest BCUT2D eigenvalue weighted by molar-refractivity contribution is -0.111. The molecule has 0 fully saturated rings. The number of amides is 1. The third-order valence-corrected chi connectivity index (χ3v) is 3.66. The lowest BCUT2D eigenvalue weighted by atomic mass is 10.0. The van der Waals surface area contributed by atoms with Gasteiger partial charge in [0.05, 0.1) is 5.69 Å². The highest BCUT2D eigenvalue weighted by molar-refractivity contribution is 6.57. The van der Waals surface area contributed by atoms with E-state index in [9.17, 15) is 4.79 Å². The molecule has 2 radical (unpaired) electrons. The van der Waals surface area contributed by atoms with Crippen molar-refractivity contribution in [3.63, 3.8) is 0 Å². The van der Waals surface area contributed by atoms with Gasteiger partial charge in [-0.2, -0.15) is 0 Å². The van der Waals surface area contributed by atoms with Crippen molar-refractivity contribution in [1.82, 2.24) is 0 Å². The van der Waals surface area contributed by atoms with E-state index in [1.807, 2.05) is 56.3 Å². The first-order chi connectivity index (χ1) is 9.63. The molecule has 1 aliphatic rings. The van der Waals surface area contributed by atoms with Crippen molar-refractivity contribution < 1.29 is 4.79 Å². The monoisotopic (exact) mass is 260 g/mol. The number of carbonyl (C=O) groups is 1. The number of anilines is 2. The van der Waals surface area contributed by atoms with E-state index in [-0.39, 0.29) is 5.91 Å². The Balaban J connectivity index is 2.25. The Bertz CT molecular complexity index is 723. The van der Waals surface area contributed by atoms with Crippen LogP contribution in [0, 0.1) is 13.8 Å². The number of rotatable bonds is 1. The minimum atomic E-state index is -0.182. The van der Waals surface area contributed by atoms with E-state index in [0.29, 0.717) is 5.71 Å². The second-order valence-corrected chi connectivity index (χ2v) is 4.91. The van der Waals surface area contributed by atoms with Gasteiger partial charge in [-0.15, -0.1) is 0 Å². The Morgan fingerprint density at radius 2 is 1.70 bits per heavy atom. The first kappa shape index (κ1) is 12.7. The van der Waals surface area contributed by atoms with Gasteiger partial charge in [0.15, 0.2) is 0 Å². The van der Waals surface area contributed by atoms with Gasteiger partial charge in [-0.3, -0.25) is 9.69 Å². The number of nitrogens with zero attached hydrogens (tertiary/aromatic N) is 2. The highest BCUT2D eigenvalue weighted by Crippen LogP contribution is 2.37. The van der Waals surface area contributed by atoms with Crippen molar-refractivity contribution in [3.05, 3.63) is 59.2 Å². The number of aryl methyl sites for hydroxylation is 2. The molecule has 0 saturated carbocycles. The standard InChI is InChI=1S/C16H13BN2O/c1-10-8-13-14(9-11(10)2)19(16(20)15(13)18-17)12-6-4-3-5-7-12/h3-9H,1-2H3. The molecule has 0 saturated heterocycles. The molecule has 2 aromatic rings. The quantitative estimate of drug-likeness (QED) is 0.725. The summed E-state index contributed by atoms with van der Waals surface area (Å²) in [7, 11) is 5.41. The minimum Gasteiger partial charge on any atom is -0.352 e. The average Bonchev–Trinajstić information content (AvgIpc) is 2.71. The van der Waals surface area contributed by atoms with Gasteiger partial charge in [-0.05, 0) is 49.2 Å². The molecule has 3 nitrogen and oxygen atoms in total. The van der Waals surface area contributed by atoms with Crippen molar-refractivity contribution in [2.24, 2.45) is 4.90 Å². The summed E-state index contributed by atoms with van der Waals surface area (Å²) in [5, 5.41) is 0. The molecular formula is C16H13BN2O. The van der Waals surface area contributed by atoms with Crippen molar-refractivity contribution in [3.8, 4) is 0 Å². The van der Waals surface area contributed by atoms with Gasteiger partial charge in [0, 0.05) is 11.3 Å². The normalized spacial score (nSPS) is 15.8. The summed E-state index contributed by atoms with van der Waals surface area (Å²) in [6.07, 6.45) is 0. The molecule has 0 unspecified atom stereocenters. The summed E-state index contributed by atoms with van der Waals surface area (Å²) in [4.78, 5) is 17.9. The van der Waals surface area contributed by atoms with Crippen LogP contribution < -0.4 is 4.90 Å². The lowest BCUT2D eigenvalue weighted by Crippen LogP contribution is -2.25. The molecule has 2 aromatic carbocycles. The Morgan fingerprint density at radius 1 is 1.05 bits per heavy atom. The summed E-state index contributed by atoms with van der Waals surface area (Å²) in [6, 6.07) is 13.5. The first-order valence-corrected chi connectivity index (χ1v) is 6.42. The maximum absolute atomic E-state index is 12.5. The van der Waals surface area contributed by atoms with Crippen molar-refractivity contribution in [2.75, 3.05) is 4.90 Å². The molecule has 0 bridgehead atoms. The topological polar surface area (TPSA) is 32.7 Å². The van der Waals surface area contributed by atoms with E-state index in [1.54, 1.807) is 4.90 Å². The number of para-hydroxylation sites is 1. The summed E-state index contributed by atoms with van der Waals surface area (Å²) in [5.74, 6) is -0.182. The molecule has 1 amide bonds. The molecule has 3 rings (SSSR count). The second-order valence-electron chi connectivity index (χ2n) is 4.91. The minimum absolute atomic E-state index is 0.182. The lowest BCUT2D eigenvalue weighted by Gasteiger charge is -2.17. The average molecular weight is 260 g/mol. The second kappa shape index (κ2) is 4.64. The fourth-order valence-electron chi connectivity index (χ4n) is 2.46. The first-order valence-electron chi connectivity index (χ1n) is 6.42. The van der Waals surface area contributed by atoms with Crippen LogP contribution in [-0.4, -0.2) is 19.6 Å². The van der Waals surface area contributed by atoms with Gasteiger partial charge in [0.25, 0.3) is 13.9 Å². The molecule has 96 valence electrons. The predicted molar refractivity (Wildman–Crippen MR) is 81.8 cm³/mol. The Labute approximate surface area is 119 Å². The van der Waals surface area contributed by atoms with Crippen molar-refractivity contribution in [1.29, 1.82) is 0 Å². The van der Waals surface area contributed by atoms with Crippen LogP contribution in [0.5, 0.6) is 0 Å². The van der Waals surface area contributed by atoms with Gasteiger partial charge >= 0.3 is 0 Å². The van der Waals surface area contributed by atoms with E-state index in [4.69, 9.17) is 7.98 Å². The fourth-order valence-corrected chi connectivity index (χ4v) is 2.46. The number of fused-ring (bicyclic) bond motifs is 1. The third kappa shape index (κ3) is 1.76. The highest BCUT2D eigenvalue weighted by Gasteiger charge is 2.34. The molecule has 4 heteroatoms. The van der Waals surface area contributed by atoms with E-state index in [2.05, 4.69) is 4.90 Å². The zero-order chi connectivity index (χ0) is 14.3. The van der Waals surface area contributed by atoms with Gasteiger partial charge in [-0.25, -0.2) is 0 Å². The van der Waals surface area contributed by atoms with E-state index >= 15 is 0 Å².